The Morgan fingerprint density at radius 1 is 1.38 bits per heavy atom. The summed E-state index contributed by atoms with van der Waals surface area (Å²) in [7, 11) is 0. The first-order valence-corrected chi connectivity index (χ1v) is 4.87. The molecule has 0 aromatic heterocycles. The molecule has 1 N–H and O–H groups in total. The van der Waals surface area contributed by atoms with Crippen LogP contribution in [0.5, 0.6) is 0 Å². The fraction of sp³-hybridized carbons (Fsp3) is 0.889. The Kier molecular flexibility index (Phi) is 4.60. The molecule has 0 atom stereocenters. The first-order chi connectivity index (χ1) is 6.34. The van der Waals surface area contributed by atoms with Crippen molar-refractivity contribution < 1.29 is 14.6 Å². The van der Waals surface area contributed by atoms with Crippen LogP contribution >= 0.6 is 0 Å². The van der Waals surface area contributed by atoms with Crippen molar-refractivity contribution in [2.24, 2.45) is 0 Å². The Labute approximate surface area is 78.5 Å². The Hall–Kier alpha value is -0.770. The summed E-state index contributed by atoms with van der Waals surface area (Å²) in [4.78, 5) is 12.8. The summed E-state index contributed by atoms with van der Waals surface area (Å²) in [5.41, 5.74) is 0. The van der Waals surface area contributed by atoms with Crippen molar-refractivity contribution in [3.8, 4) is 0 Å². The highest BCUT2D eigenvalue weighted by Crippen LogP contribution is 2.06. The van der Waals surface area contributed by atoms with Crippen molar-refractivity contribution >= 4 is 6.09 Å². The molecule has 1 aliphatic heterocycles. The van der Waals surface area contributed by atoms with Crippen LogP contribution in [0, 0.1) is 0 Å². The Morgan fingerprint density at radius 3 is 2.92 bits per heavy atom. The third-order valence-electron chi connectivity index (χ3n) is 2.14. The molecule has 4 heteroatoms. The largest absolute Gasteiger partial charge is 0.449 e. The predicted octanol–water partition coefficient (Wildman–Crippen LogP) is 0.991. The second-order valence-electron chi connectivity index (χ2n) is 3.24. The predicted molar refractivity (Wildman–Crippen MR) is 48.5 cm³/mol. The summed E-state index contributed by atoms with van der Waals surface area (Å²) in [6.45, 7) is 2.38. The normalized spacial score (nSPS) is 17.3. The number of aliphatic hydroxyl groups excluding tert-OH is 1. The zero-order valence-electron chi connectivity index (χ0n) is 7.87. The molecule has 1 saturated heterocycles. The molecule has 1 aliphatic rings. The number of aliphatic hydroxyl groups is 1. The van der Waals surface area contributed by atoms with Gasteiger partial charge in [-0.3, -0.25) is 0 Å². The Morgan fingerprint density at radius 2 is 2.23 bits per heavy atom. The minimum atomic E-state index is -0.185. The summed E-state index contributed by atoms with van der Waals surface area (Å²) < 4.78 is 4.89. The number of ether oxygens (including phenoxy) is 1. The van der Waals surface area contributed by atoms with Gasteiger partial charge in [-0.1, -0.05) is 0 Å². The number of carbonyl (C=O) groups is 1. The molecule has 1 rings (SSSR count). The quantitative estimate of drug-likeness (QED) is 0.653. The number of nitrogens with zero attached hydrogens (tertiary/aromatic N) is 1. The molecular weight excluding hydrogens is 170 g/mol. The lowest BCUT2D eigenvalue weighted by atomic mass is 10.2. The maximum Gasteiger partial charge on any atom is 0.409 e. The van der Waals surface area contributed by atoms with E-state index in [0.717, 1.165) is 38.8 Å². The van der Waals surface area contributed by atoms with E-state index in [4.69, 9.17) is 9.84 Å². The van der Waals surface area contributed by atoms with E-state index in [9.17, 15) is 4.79 Å². The molecule has 0 aromatic rings. The van der Waals surface area contributed by atoms with Gasteiger partial charge in [-0.05, 0) is 25.7 Å². The lowest BCUT2D eigenvalue weighted by Crippen LogP contribution is -2.38. The minimum Gasteiger partial charge on any atom is -0.449 e. The highest BCUT2D eigenvalue weighted by Gasteiger charge is 2.18. The number of rotatable bonds is 5. The fourth-order valence-corrected chi connectivity index (χ4v) is 1.39. The molecular formula is C9H17NO3. The van der Waals surface area contributed by atoms with Crippen molar-refractivity contribution in [3.05, 3.63) is 0 Å². The second kappa shape index (κ2) is 5.80. The molecule has 0 saturated carbocycles. The first-order valence-electron chi connectivity index (χ1n) is 4.87. The summed E-state index contributed by atoms with van der Waals surface area (Å²) in [5, 5.41) is 8.55. The second-order valence-corrected chi connectivity index (χ2v) is 3.24. The van der Waals surface area contributed by atoms with Crippen LogP contribution in [-0.2, 0) is 4.74 Å². The smallest absolute Gasteiger partial charge is 0.409 e. The van der Waals surface area contributed by atoms with E-state index in [1.807, 2.05) is 0 Å². The topological polar surface area (TPSA) is 49.8 Å². The molecule has 1 heterocycles. The summed E-state index contributed by atoms with van der Waals surface area (Å²) in [6, 6.07) is 0. The zero-order valence-corrected chi connectivity index (χ0v) is 7.87. The van der Waals surface area contributed by atoms with Gasteiger partial charge in [0.2, 0.25) is 0 Å². The van der Waals surface area contributed by atoms with E-state index < -0.39 is 0 Å². The molecule has 0 aliphatic carbocycles. The molecule has 0 bridgehead atoms. The van der Waals surface area contributed by atoms with E-state index >= 15 is 0 Å². The van der Waals surface area contributed by atoms with E-state index in [1.54, 1.807) is 4.90 Å². The standard InChI is InChI=1S/C9H17NO3/c11-7-3-1-2-5-10-6-4-8-13-9(10)12/h11H,1-8H2. The number of carbonyl (C=O) groups excluding carboxylic acids is 1. The molecule has 0 radical (unpaired) electrons. The average Bonchev–Trinajstić information content (AvgIpc) is 2.15. The van der Waals surface area contributed by atoms with Gasteiger partial charge in [0, 0.05) is 19.7 Å². The van der Waals surface area contributed by atoms with E-state index in [1.165, 1.54) is 0 Å². The van der Waals surface area contributed by atoms with Crippen LogP contribution in [0.15, 0.2) is 0 Å². The summed E-state index contributed by atoms with van der Waals surface area (Å²) in [6.07, 6.45) is 3.50. The molecule has 1 fully saturated rings. The SMILES string of the molecule is O=C1OCCCN1CCCCCO. The Balaban J connectivity index is 2.08. The van der Waals surface area contributed by atoms with E-state index in [-0.39, 0.29) is 12.7 Å². The van der Waals surface area contributed by atoms with Crippen molar-refractivity contribution in [2.75, 3.05) is 26.3 Å². The van der Waals surface area contributed by atoms with Crippen LogP contribution in [0.4, 0.5) is 4.79 Å². The van der Waals surface area contributed by atoms with Crippen LogP contribution in [0.3, 0.4) is 0 Å². The van der Waals surface area contributed by atoms with Crippen molar-refractivity contribution in [1.82, 2.24) is 4.90 Å². The number of cyclic esters (lactones) is 1. The summed E-state index contributed by atoms with van der Waals surface area (Å²) >= 11 is 0. The molecule has 1 amide bonds. The molecule has 13 heavy (non-hydrogen) atoms. The lowest BCUT2D eigenvalue weighted by molar-refractivity contribution is 0.0721. The highest BCUT2D eigenvalue weighted by atomic mass is 16.6. The number of hydrogen-bond acceptors (Lipinski definition) is 3. The number of hydrogen-bond donors (Lipinski definition) is 1. The maximum atomic E-state index is 11.1. The Bertz CT molecular complexity index is 161. The summed E-state index contributed by atoms with van der Waals surface area (Å²) in [5.74, 6) is 0. The van der Waals surface area contributed by atoms with Crippen LogP contribution in [-0.4, -0.2) is 42.4 Å². The van der Waals surface area contributed by atoms with Gasteiger partial charge in [0.1, 0.15) is 0 Å². The monoisotopic (exact) mass is 187 g/mol. The van der Waals surface area contributed by atoms with Gasteiger partial charge in [-0.15, -0.1) is 0 Å². The van der Waals surface area contributed by atoms with Crippen molar-refractivity contribution in [2.45, 2.75) is 25.7 Å². The average molecular weight is 187 g/mol. The van der Waals surface area contributed by atoms with Gasteiger partial charge in [0.05, 0.1) is 6.61 Å². The minimum absolute atomic E-state index is 0.185. The van der Waals surface area contributed by atoms with Gasteiger partial charge in [0.15, 0.2) is 0 Å². The third-order valence-corrected chi connectivity index (χ3v) is 2.14. The van der Waals surface area contributed by atoms with Crippen LogP contribution in [0.1, 0.15) is 25.7 Å². The maximum absolute atomic E-state index is 11.1. The van der Waals surface area contributed by atoms with Gasteiger partial charge in [0.25, 0.3) is 0 Å². The van der Waals surface area contributed by atoms with Gasteiger partial charge in [-0.2, -0.15) is 0 Å². The van der Waals surface area contributed by atoms with Crippen LogP contribution in [0.2, 0.25) is 0 Å². The fourth-order valence-electron chi connectivity index (χ4n) is 1.39. The van der Waals surface area contributed by atoms with Gasteiger partial charge >= 0.3 is 6.09 Å². The molecule has 0 unspecified atom stereocenters. The van der Waals surface area contributed by atoms with Crippen molar-refractivity contribution in [3.63, 3.8) is 0 Å². The molecule has 4 nitrogen and oxygen atoms in total. The molecule has 76 valence electrons. The third kappa shape index (κ3) is 3.63. The highest BCUT2D eigenvalue weighted by molar-refractivity contribution is 5.68. The first kappa shape index (κ1) is 10.3. The van der Waals surface area contributed by atoms with E-state index in [0.29, 0.717) is 6.61 Å². The van der Waals surface area contributed by atoms with Gasteiger partial charge < -0.3 is 14.7 Å². The molecule has 0 aromatic carbocycles. The lowest BCUT2D eigenvalue weighted by Gasteiger charge is -2.26. The van der Waals surface area contributed by atoms with Gasteiger partial charge in [-0.25, -0.2) is 4.79 Å². The molecule has 0 spiro atoms. The van der Waals surface area contributed by atoms with Crippen molar-refractivity contribution in [1.29, 1.82) is 0 Å². The van der Waals surface area contributed by atoms with E-state index in [2.05, 4.69) is 0 Å². The number of amides is 1. The zero-order chi connectivity index (χ0) is 9.52. The van der Waals surface area contributed by atoms with Crippen LogP contribution < -0.4 is 0 Å². The van der Waals surface area contributed by atoms with Crippen LogP contribution in [0.25, 0.3) is 0 Å². The number of unbranched alkanes of at least 4 members (excludes halogenated alkanes) is 2.